The average molecular weight is 215 g/mol. The third kappa shape index (κ3) is 4.49. The second-order valence-corrected chi connectivity index (χ2v) is 5.33. The summed E-state index contributed by atoms with van der Waals surface area (Å²) in [5.41, 5.74) is -0.0139. The summed E-state index contributed by atoms with van der Waals surface area (Å²) >= 11 is 0. The molecule has 1 heterocycles. The van der Waals surface area contributed by atoms with Crippen LogP contribution >= 0.6 is 0 Å². The Morgan fingerprint density at radius 3 is 2.80 bits per heavy atom. The lowest BCUT2D eigenvalue weighted by molar-refractivity contribution is -0.00235. The van der Waals surface area contributed by atoms with E-state index in [-0.39, 0.29) is 12.0 Å². The predicted molar refractivity (Wildman–Crippen MR) is 61.9 cm³/mol. The Bertz CT molecular complexity index is 182. The van der Waals surface area contributed by atoms with Crippen molar-refractivity contribution in [2.75, 3.05) is 19.8 Å². The van der Waals surface area contributed by atoms with Crippen molar-refractivity contribution in [3.63, 3.8) is 0 Å². The predicted octanol–water partition coefficient (Wildman–Crippen LogP) is 1.55. The summed E-state index contributed by atoms with van der Waals surface area (Å²) in [4.78, 5) is 0. The van der Waals surface area contributed by atoms with Crippen molar-refractivity contribution in [2.24, 2.45) is 5.41 Å². The van der Waals surface area contributed by atoms with Gasteiger partial charge in [0.2, 0.25) is 0 Å². The van der Waals surface area contributed by atoms with Gasteiger partial charge in [0.1, 0.15) is 0 Å². The fourth-order valence-electron chi connectivity index (χ4n) is 1.83. The van der Waals surface area contributed by atoms with E-state index in [9.17, 15) is 0 Å². The zero-order chi connectivity index (χ0) is 11.3. The zero-order valence-corrected chi connectivity index (χ0v) is 10.3. The lowest BCUT2D eigenvalue weighted by Gasteiger charge is -2.32. The number of hydrogen-bond acceptors (Lipinski definition) is 3. The number of aliphatic hydroxyl groups is 1. The molecule has 1 saturated heterocycles. The Morgan fingerprint density at radius 1 is 1.47 bits per heavy atom. The van der Waals surface area contributed by atoms with E-state index >= 15 is 0 Å². The molecule has 3 heteroatoms. The normalized spacial score (nSPS) is 28.0. The summed E-state index contributed by atoms with van der Waals surface area (Å²) in [5, 5.41) is 12.7. The highest BCUT2D eigenvalue weighted by Crippen LogP contribution is 2.18. The van der Waals surface area contributed by atoms with Crippen molar-refractivity contribution in [3.8, 4) is 0 Å². The molecule has 0 radical (unpaired) electrons. The number of aliphatic hydroxyl groups excluding tert-OH is 1. The van der Waals surface area contributed by atoms with E-state index in [4.69, 9.17) is 9.84 Å². The molecule has 2 unspecified atom stereocenters. The lowest BCUT2D eigenvalue weighted by atomic mass is 9.93. The molecule has 0 aromatic carbocycles. The third-order valence-corrected chi connectivity index (χ3v) is 3.12. The monoisotopic (exact) mass is 215 g/mol. The van der Waals surface area contributed by atoms with Gasteiger partial charge in [0.15, 0.2) is 0 Å². The smallest absolute Gasteiger partial charge is 0.0587 e. The second kappa shape index (κ2) is 5.83. The number of rotatable bonds is 5. The SMILES string of the molecule is CCC1CC(NCC(C)(C)CO)CCO1. The Kier molecular flexibility index (Phi) is 5.03. The van der Waals surface area contributed by atoms with Crippen LogP contribution in [0.15, 0.2) is 0 Å². The van der Waals surface area contributed by atoms with E-state index in [1.165, 1.54) is 0 Å². The maximum atomic E-state index is 9.16. The van der Waals surface area contributed by atoms with Gasteiger partial charge in [-0.15, -0.1) is 0 Å². The molecule has 1 aliphatic heterocycles. The summed E-state index contributed by atoms with van der Waals surface area (Å²) in [6.07, 6.45) is 3.73. The molecule has 3 nitrogen and oxygen atoms in total. The molecular formula is C12H25NO2. The molecule has 0 saturated carbocycles. The highest BCUT2D eigenvalue weighted by Gasteiger charge is 2.23. The van der Waals surface area contributed by atoms with Gasteiger partial charge in [0.25, 0.3) is 0 Å². The maximum absolute atomic E-state index is 9.16. The van der Waals surface area contributed by atoms with Gasteiger partial charge in [0, 0.05) is 31.2 Å². The first-order valence-corrected chi connectivity index (χ1v) is 6.03. The molecule has 0 spiro atoms. The van der Waals surface area contributed by atoms with E-state index in [0.717, 1.165) is 32.4 Å². The van der Waals surface area contributed by atoms with Crippen LogP contribution in [0.4, 0.5) is 0 Å². The number of ether oxygens (including phenoxy) is 1. The molecule has 1 rings (SSSR count). The summed E-state index contributed by atoms with van der Waals surface area (Å²) in [5.74, 6) is 0. The van der Waals surface area contributed by atoms with Crippen LogP contribution in [0.2, 0.25) is 0 Å². The third-order valence-electron chi connectivity index (χ3n) is 3.12. The van der Waals surface area contributed by atoms with Gasteiger partial charge < -0.3 is 15.2 Å². The van der Waals surface area contributed by atoms with Crippen LogP contribution in [0.1, 0.15) is 40.0 Å². The molecule has 0 aromatic rings. The molecule has 0 amide bonds. The highest BCUT2D eigenvalue weighted by molar-refractivity contribution is 4.79. The number of nitrogens with one attached hydrogen (secondary N) is 1. The lowest BCUT2D eigenvalue weighted by Crippen LogP contribution is -2.43. The van der Waals surface area contributed by atoms with Gasteiger partial charge in [-0.25, -0.2) is 0 Å². The Balaban J connectivity index is 2.26. The van der Waals surface area contributed by atoms with Crippen molar-refractivity contribution < 1.29 is 9.84 Å². The van der Waals surface area contributed by atoms with Crippen molar-refractivity contribution in [3.05, 3.63) is 0 Å². The topological polar surface area (TPSA) is 41.5 Å². The van der Waals surface area contributed by atoms with E-state index in [1.807, 2.05) is 0 Å². The highest BCUT2D eigenvalue weighted by atomic mass is 16.5. The van der Waals surface area contributed by atoms with E-state index in [0.29, 0.717) is 12.1 Å². The van der Waals surface area contributed by atoms with E-state index < -0.39 is 0 Å². The summed E-state index contributed by atoms with van der Waals surface area (Å²) in [6.45, 7) is 8.32. The Morgan fingerprint density at radius 2 is 2.20 bits per heavy atom. The molecule has 2 atom stereocenters. The van der Waals surface area contributed by atoms with Gasteiger partial charge >= 0.3 is 0 Å². The first kappa shape index (κ1) is 12.9. The molecule has 90 valence electrons. The molecule has 0 bridgehead atoms. The fraction of sp³-hybridized carbons (Fsp3) is 1.00. The molecule has 2 N–H and O–H groups in total. The zero-order valence-electron chi connectivity index (χ0n) is 10.3. The van der Waals surface area contributed by atoms with Gasteiger partial charge in [-0.1, -0.05) is 20.8 Å². The van der Waals surface area contributed by atoms with Gasteiger partial charge in [-0.05, 0) is 19.3 Å². The molecule has 0 aliphatic carbocycles. The van der Waals surface area contributed by atoms with Crippen LogP contribution in [0.25, 0.3) is 0 Å². The van der Waals surface area contributed by atoms with Gasteiger partial charge in [-0.2, -0.15) is 0 Å². The van der Waals surface area contributed by atoms with Crippen LogP contribution < -0.4 is 5.32 Å². The summed E-state index contributed by atoms with van der Waals surface area (Å²) in [7, 11) is 0. The van der Waals surface area contributed by atoms with Crippen molar-refractivity contribution in [1.29, 1.82) is 0 Å². The summed E-state index contributed by atoms with van der Waals surface area (Å²) < 4.78 is 5.63. The minimum absolute atomic E-state index is 0.0139. The molecule has 1 fully saturated rings. The van der Waals surface area contributed by atoms with Crippen molar-refractivity contribution in [2.45, 2.75) is 52.2 Å². The Labute approximate surface area is 93.2 Å². The molecule has 1 aliphatic rings. The van der Waals surface area contributed by atoms with Crippen LogP contribution in [-0.2, 0) is 4.74 Å². The summed E-state index contributed by atoms with van der Waals surface area (Å²) in [6, 6.07) is 0.564. The minimum Gasteiger partial charge on any atom is -0.396 e. The van der Waals surface area contributed by atoms with Crippen LogP contribution in [0.5, 0.6) is 0 Å². The molecular weight excluding hydrogens is 190 g/mol. The van der Waals surface area contributed by atoms with Crippen molar-refractivity contribution >= 4 is 0 Å². The van der Waals surface area contributed by atoms with Crippen LogP contribution in [0.3, 0.4) is 0 Å². The fourth-order valence-corrected chi connectivity index (χ4v) is 1.83. The van der Waals surface area contributed by atoms with Gasteiger partial charge in [0.05, 0.1) is 6.10 Å². The standard InChI is InChI=1S/C12H25NO2/c1-4-11-7-10(5-6-15-11)13-8-12(2,3)9-14/h10-11,13-14H,4-9H2,1-3H3. The van der Waals surface area contributed by atoms with Crippen LogP contribution in [-0.4, -0.2) is 37.0 Å². The average Bonchev–Trinajstić information content (AvgIpc) is 2.27. The second-order valence-electron chi connectivity index (χ2n) is 5.33. The quantitative estimate of drug-likeness (QED) is 0.731. The molecule has 15 heavy (non-hydrogen) atoms. The van der Waals surface area contributed by atoms with Crippen LogP contribution in [0, 0.1) is 5.41 Å². The first-order chi connectivity index (χ1) is 7.07. The van der Waals surface area contributed by atoms with Crippen molar-refractivity contribution in [1.82, 2.24) is 5.32 Å². The maximum Gasteiger partial charge on any atom is 0.0587 e. The number of hydrogen-bond donors (Lipinski definition) is 2. The van der Waals surface area contributed by atoms with Gasteiger partial charge in [-0.3, -0.25) is 0 Å². The van der Waals surface area contributed by atoms with E-state index in [2.05, 4.69) is 26.1 Å². The van der Waals surface area contributed by atoms with E-state index in [1.54, 1.807) is 0 Å². The largest absolute Gasteiger partial charge is 0.396 e. The minimum atomic E-state index is -0.0139. The first-order valence-electron chi connectivity index (χ1n) is 6.03. The Hall–Kier alpha value is -0.120. The molecule has 0 aromatic heterocycles.